The molecule has 2 rings (SSSR count). The van der Waals surface area contributed by atoms with E-state index < -0.39 is 0 Å². The molecule has 0 radical (unpaired) electrons. The number of rotatable bonds is 6. The first-order chi connectivity index (χ1) is 9.69. The summed E-state index contributed by atoms with van der Waals surface area (Å²) in [5.74, 6) is 1.71. The van der Waals surface area contributed by atoms with Gasteiger partial charge in [0, 0.05) is 32.3 Å². The van der Waals surface area contributed by atoms with E-state index in [1.165, 1.54) is 0 Å². The van der Waals surface area contributed by atoms with Crippen LogP contribution in [-0.2, 0) is 4.74 Å². The largest absolute Gasteiger partial charge is 0.396 e. The van der Waals surface area contributed by atoms with Crippen LogP contribution >= 0.6 is 11.6 Å². The molecule has 0 aliphatic carbocycles. The maximum atomic E-state index is 8.89. The van der Waals surface area contributed by atoms with E-state index in [1.807, 2.05) is 0 Å². The molecule has 0 aromatic carbocycles. The summed E-state index contributed by atoms with van der Waals surface area (Å²) in [6.45, 7) is 6.01. The monoisotopic (exact) mass is 300 g/mol. The maximum absolute atomic E-state index is 8.89. The van der Waals surface area contributed by atoms with Crippen molar-refractivity contribution in [2.75, 3.05) is 49.7 Å². The van der Waals surface area contributed by atoms with E-state index in [4.69, 9.17) is 21.4 Å². The minimum absolute atomic E-state index is 0.193. The molecule has 0 saturated carbocycles. The van der Waals surface area contributed by atoms with Crippen molar-refractivity contribution in [3.63, 3.8) is 0 Å². The summed E-state index contributed by atoms with van der Waals surface area (Å²) in [5, 5.41) is 12.5. The first kappa shape index (κ1) is 15.3. The highest BCUT2D eigenvalue weighted by molar-refractivity contribution is 6.29. The van der Waals surface area contributed by atoms with Crippen molar-refractivity contribution in [1.29, 1.82) is 0 Å². The number of hydrogen-bond donors (Lipinski definition) is 2. The molecule has 1 aliphatic rings. The molecule has 0 amide bonds. The van der Waals surface area contributed by atoms with Gasteiger partial charge >= 0.3 is 0 Å². The number of halogens is 1. The van der Waals surface area contributed by atoms with E-state index in [0.717, 1.165) is 25.3 Å². The summed E-state index contributed by atoms with van der Waals surface area (Å²) in [7, 11) is 0. The Morgan fingerprint density at radius 3 is 2.90 bits per heavy atom. The van der Waals surface area contributed by atoms with E-state index in [-0.39, 0.29) is 6.61 Å². The Morgan fingerprint density at radius 1 is 1.45 bits per heavy atom. The summed E-state index contributed by atoms with van der Waals surface area (Å²) in [6.07, 6.45) is 0.754. The molecule has 1 atom stereocenters. The van der Waals surface area contributed by atoms with Gasteiger partial charge in [-0.05, 0) is 12.3 Å². The van der Waals surface area contributed by atoms with Gasteiger partial charge in [-0.3, -0.25) is 0 Å². The lowest BCUT2D eigenvalue weighted by atomic mass is 10.1. The van der Waals surface area contributed by atoms with Crippen molar-refractivity contribution in [3.8, 4) is 0 Å². The molecule has 2 heterocycles. The average Bonchev–Trinajstić information content (AvgIpc) is 2.46. The van der Waals surface area contributed by atoms with Crippen LogP contribution in [0.5, 0.6) is 0 Å². The number of hydrogen-bond acceptors (Lipinski definition) is 6. The van der Waals surface area contributed by atoms with E-state index in [2.05, 4.69) is 27.1 Å². The first-order valence-electron chi connectivity index (χ1n) is 6.91. The van der Waals surface area contributed by atoms with Gasteiger partial charge in [-0.2, -0.15) is 4.98 Å². The Morgan fingerprint density at radius 2 is 2.20 bits per heavy atom. The third kappa shape index (κ3) is 4.47. The van der Waals surface area contributed by atoms with Crippen LogP contribution in [0.15, 0.2) is 6.07 Å². The van der Waals surface area contributed by atoms with Crippen molar-refractivity contribution in [2.24, 2.45) is 5.92 Å². The van der Waals surface area contributed by atoms with Crippen molar-refractivity contribution in [3.05, 3.63) is 11.2 Å². The van der Waals surface area contributed by atoms with E-state index in [9.17, 15) is 0 Å². The van der Waals surface area contributed by atoms with E-state index in [0.29, 0.717) is 36.8 Å². The second-order valence-electron chi connectivity index (χ2n) is 4.97. The number of aromatic nitrogens is 2. The van der Waals surface area contributed by atoms with Crippen LogP contribution in [0.4, 0.5) is 11.8 Å². The quantitative estimate of drug-likeness (QED) is 0.774. The number of morpholine rings is 1. The predicted molar refractivity (Wildman–Crippen MR) is 79.4 cm³/mol. The molecule has 1 aromatic heterocycles. The van der Waals surface area contributed by atoms with Gasteiger partial charge in [-0.1, -0.05) is 18.5 Å². The molecular weight excluding hydrogens is 280 g/mol. The zero-order valence-electron chi connectivity index (χ0n) is 11.7. The van der Waals surface area contributed by atoms with Crippen LogP contribution < -0.4 is 10.2 Å². The number of nitrogens with one attached hydrogen (secondary N) is 1. The van der Waals surface area contributed by atoms with Crippen LogP contribution in [0.1, 0.15) is 13.3 Å². The summed E-state index contributed by atoms with van der Waals surface area (Å²) >= 11 is 6.06. The fraction of sp³-hybridized carbons (Fsp3) is 0.692. The van der Waals surface area contributed by atoms with Crippen LogP contribution in [0, 0.1) is 5.92 Å². The summed E-state index contributed by atoms with van der Waals surface area (Å²) in [4.78, 5) is 10.8. The summed E-state index contributed by atoms with van der Waals surface area (Å²) in [6, 6.07) is 1.77. The fourth-order valence-corrected chi connectivity index (χ4v) is 2.20. The third-order valence-electron chi connectivity index (χ3n) is 3.25. The van der Waals surface area contributed by atoms with Crippen LogP contribution in [0.3, 0.4) is 0 Å². The van der Waals surface area contributed by atoms with Gasteiger partial charge in [0.2, 0.25) is 5.95 Å². The standard InChI is InChI=1S/C13H21ClN4O2/c1-10(2-5-19)9-15-13-16-11(14)8-12(17-13)18-3-6-20-7-4-18/h8,10,19H,2-7,9H2,1H3,(H,15,16,17). The number of ether oxygens (including phenoxy) is 1. The Bertz CT molecular complexity index is 427. The summed E-state index contributed by atoms with van der Waals surface area (Å²) < 4.78 is 5.33. The highest BCUT2D eigenvalue weighted by Gasteiger charge is 2.14. The molecule has 1 aliphatic heterocycles. The van der Waals surface area contributed by atoms with Crippen LogP contribution in [0.25, 0.3) is 0 Å². The molecule has 2 N–H and O–H groups in total. The minimum atomic E-state index is 0.193. The SMILES string of the molecule is CC(CCO)CNc1nc(Cl)cc(N2CCOCC2)n1. The lowest BCUT2D eigenvalue weighted by Crippen LogP contribution is -2.36. The molecule has 7 heteroatoms. The van der Waals surface area contributed by atoms with Gasteiger partial charge in [0.05, 0.1) is 13.2 Å². The second kappa shape index (κ2) is 7.61. The number of aliphatic hydroxyl groups is 1. The lowest BCUT2D eigenvalue weighted by molar-refractivity contribution is 0.122. The zero-order valence-corrected chi connectivity index (χ0v) is 12.4. The molecule has 20 heavy (non-hydrogen) atoms. The van der Waals surface area contributed by atoms with Gasteiger partial charge in [0.25, 0.3) is 0 Å². The third-order valence-corrected chi connectivity index (χ3v) is 3.44. The normalized spacial score (nSPS) is 17.1. The Hall–Kier alpha value is -1.11. The highest BCUT2D eigenvalue weighted by atomic mass is 35.5. The van der Waals surface area contributed by atoms with Gasteiger partial charge in [0.1, 0.15) is 11.0 Å². The zero-order chi connectivity index (χ0) is 14.4. The number of nitrogens with zero attached hydrogens (tertiary/aromatic N) is 3. The fourth-order valence-electron chi connectivity index (χ4n) is 2.03. The Labute approximate surface area is 124 Å². The molecule has 0 bridgehead atoms. The van der Waals surface area contributed by atoms with Crippen molar-refractivity contribution < 1.29 is 9.84 Å². The molecule has 112 valence electrons. The predicted octanol–water partition coefficient (Wildman–Crippen LogP) is 1.40. The minimum Gasteiger partial charge on any atom is -0.396 e. The molecule has 1 fully saturated rings. The highest BCUT2D eigenvalue weighted by Crippen LogP contribution is 2.19. The smallest absolute Gasteiger partial charge is 0.226 e. The molecule has 1 saturated heterocycles. The van der Waals surface area contributed by atoms with E-state index in [1.54, 1.807) is 6.07 Å². The van der Waals surface area contributed by atoms with Gasteiger partial charge < -0.3 is 20.1 Å². The number of anilines is 2. The molecular formula is C13H21ClN4O2. The lowest BCUT2D eigenvalue weighted by Gasteiger charge is -2.28. The van der Waals surface area contributed by atoms with Crippen molar-refractivity contribution >= 4 is 23.4 Å². The Kier molecular flexibility index (Phi) is 5.82. The number of aliphatic hydroxyl groups excluding tert-OH is 1. The van der Waals surface area contributed by atoms with Crippen molar-refractivity contribution in [2.45, 2.75) is 13.3 Å². The molecule has 0 spiro atoms. The van der Waals surface area contributed by atoms with Gasteiger partial charge in [-0.25, -0.2) is 4.98 Å². The second-order valence-corrected chi connectivity index (χ2v) is 5.36. The average molecular weight is 301 g/mol. The Balaban J connectivity index is 2.00. The van der Waals surface area contributed by atoms with Crippen LogP contribution in [-0.4, -0.2) is 54.5 Å². The molecule has 6 nitrogen and oxygen atoms in total. The van der Waals surface area contributed by atoms with Gasteiger partial charge in [0.15, 0.2) is 0 Å². The van der Waals surface area contributed by atoms with E-state index >= 15 is 0 Å². The topological polar surface area (TPSA) is 70.5 Å². The summed E-state index contributed by atoms with van der Waals surface area (Å²) in [5.41, 5.74) is 0. The maximum Gasteiger partial charge on any atom is 0.226 e. The molecule has 1 unspecified atom stereocenters. The van der Waals surface area contributed by atoms with Crippen LogP contribution in [0.2, 0.25) is 5.15 Å². The van der Waals surface area contributed by atoms with Crippen molar-refractivity contribution in [1.82, 2.24) is 9.97 Å². The van der Waals surface area contributed by atoms with Gasteiger partial charge in [-0.15, -0.1) is 0 Å². The first-order valence-corrected chi connectivity index (χ1v) is 7.29. The molecule has 1 aromatic rings.